The first-order valence-corrected chi connectivity index (χ1v) is 5.18. The Labute approximate surface area is 79.0 Å². The quantitative estimate of drug-likeness (QED) is 0.736. The predicted molar refractivity (Wildman–Crippen MR) is 52.0 cm³/mol. The van der Waals surface area contributed by atoms with Crippen molar-refractivity contribution in [3.63, 3.8) is 0 Å². The maximum atomic E-state index is 8.67. The summed E-state index contributed by atoms with van der Waals surface area (Å²) < 4.78 is 4.89. The highest BCUT2D eigenvalue weighted by Crippen LogP contribution is 2.34. The predicted octanol–water partition coefficient (Wildman–Crippen LogP) is 2.28. The molecule has 72 valence electrons. The van der Waals surface area contributed by atoms with Gasteiger partial charge in [-0.15, -0.1) is 0 Å². The Bertz CT molecular complexity index is 275. The van der Waals surface area contributed by atoms with Crippen molar-refractivity contribution in [3.8, 4) is 0 Å². The third kappa shape index (κ3) is 3.05. The zero-order valence-corrected chi connectivity index (χ0v) is 8.53. The van der Waals surface area contributed by atoms with Crippen LogP contribution >= 0.6 is 8.60 Å². The van der Waals surface area contributed by atoms with Gasteiger partial charge in [-0.3, -0.25) is 0 Å². The zero-order chi connectivity index (χ0) is 9.84. The standard InChI is InChI=1S/C9H13O3P/c1-7-5-3-4-6-9(7)8(2)12-13(10)11/h3-6,8,10-11H,1-2H3. The summed E-state index contributed by atoms with van der Waals surface area (Å²) in [6, 6.07) is 7.72. The molecule has 1 rings (SSSR count). The van der Waals surface area contributed by atoms with Crippen LogP contribution < -0.4 is 0 Å². The van der Waals surface area contributed by atoms with Gasteiger partial charge in [0.15, 0.2) is 0 Å². The molecule has 1 aromatic rings. The smallest absolute Gasteiger partial charge is 0.327 e. The summed E-state index contributed by atoms with van der Waals surface area (Å²) in [4.78, 5) is 17.3. The molecule has 0 radical (unpaired) electrons. The summed E-state index contributed by atoms with van der Waals surface area (Å²) >= 11 is 0. The largest absolute Gasteiger partial charge is 0.328 e. The van der Waals surface area contributed by atoms with Crippen LogP contribution in [0.3, 0.4) is 0 Å². The average Bonchev–Trinajstić information content (AvgIpc) is 2.03. The number of benzene rings is 1. The Morgan fingerprint density at radius 3 is 2.46 bits per heavy atom. The van der Waals surface area contributed by atoms with Crippen LogP contribution in [-0.2, 0) is 4.52 Å². The van der Waals surface area contributed by atoms with E-state index in [9.17, 15) is 0 Å². The van der Waals surface area contributed by atoms with E-state index in [1.807, 2.05) is 31.2 Å². The molecule has 0 spiro atoms. The Kier molecular flexibility index (Phi) is 3.82. The third-order valence-electron chi connectivity index (χ3n) is 1.88. The van der Waals surface area contributed by atoms with Crippen molar-refractivity contribution >= 4 is 8.60 Å². The summed E-state index contributed by atoms with van der Waals surface area (Å²) in [5.41, 5.74) is 2.07. The Morgan fingerprint density at radius 2 is 1.92 bits per heavy atom. The second-order valence-electron chi connectivity index (χ2n) is 2.86. The van der Waals surface area contributed by atoms with Crippen LogP contribution in [0.1, 0.15) is 24.2 Å². The van der Waals surface area contributed by atoms with E-state index in [0.717, 1.165) is 11.1 Å². The number of hydrogen-bond acceptors (Lipinski definition) is 3. The van der Waals surface area contributed by atoms with Crippen molar-refractivity contribution in [1.29, 1.82) is 0 Å². The van der Waals surface area contributed by atoms with Gasteiger partial charge in [-0.1, -0.05) is 24.3 Å². The van der Waals surface area contributed by atoms with E-state index in [-0.39, 0.29) is 6.10 Å². The Hall–Kier alpha value is -0.470. The summed E-state index contributed by atoms with van der Waals surface area (Å²) in [7, 11) is -2.28. The van der Waals surface area contributed by atoms with Crippen LogP contribution in [0, 0.1) is 6.92 Å². The fourth-order valence-corrected chi connectivity index (χ4v) is 1.64. The minimum Gasteiger partial charge on any atom is -0.328 e. The summed E-state index contributed by atoms with van der Waals surface area (Å²) in [5.74, 6) is 0. The molecule has 0 aliphatic heterocycles. The Balaban J connectivity index is 2.76. The van der Waals surface area contributed by atoms with E-state index in [4.69, 9.17) is 14.3 Å². The molecule has 0 saturated heterocycles. The van der Waals surface area contributed by atoms with Gasteiger partial charge in [-0.25, -0.2) is 0 Å². The van der Waals surface area contributed by atoms with Crippen molar-refractivity contribution in [2.45, 2.75) is 20.0 Å². The topological polar surface area (TPSA) is 49.7 Å². The lowest BCUT2D eigenvalue weighted by Crippen LogP contribution is -1.98. The van der Waals surface area contributed by atoms with Gasteiger partial charge < -0.3 is 14.3 Å². The summed E-state index contributed by atoms with van der Waals surface area (Å²) in [6.45, 7) is 3.76. The number of rotatable bonds is 3. The third-order valence-corrected chi connectivity index (χ3v) is 2.38. The average molecular weight is 200 g/mol. The van der Waals surface area contributed by atoms with Crippen LogP contribution in [0.25, 0.3) is 0 Å². The maximum Gasteiger partial charge on any atom is 0.327 e. The van der Waals surface area contributed by atoms with Crippen molar-refractivity contribution in [2.24, 2.45) is 0 Å². The van der Waals surface area contributed by atoms with Crippen molar-refractivity contribution in [3.05, 3.63) is 35.4 Å². The SMILES string of the molecule is Cc1ccccc1C(C)OP(O)O. The van der Waals surface area contributed by atoms with E-state index in [0.29, 0.717) is 0 Å². The van der Waals surface area contributed by atoms with Crippen LogP contribution in [0.5, 0.6) is 0 Å². The lowest BCUT2D eigenvalue weighted by molar-refractivity contribution is 0.188. The first kappa shape index (κ1) is 10.6. The van der Waals surface area contributed by atoms with Gasteiger partial charge in [0, 0.05) is 0 Å². The molecule has 0 saturated carbocycles. The molecule has 2 N–H and O–H groups in total. The highest BCUT2D eigenvalue weighted by Gasteiger charge is 2.12. The molecule has 1 atom stereocenters. The zero-order valence-electron chi connectivity index (χ0n) is 7.64. The van der Waals surface area contributed by atoms with Gasteiger partial charge in [0.25, 0.3) is 0 Å². The van der Waals surface area contributed by atoms with Crippen LogP contribution in [-0.4, -0.2) is 9.79 Å². The van der Waals surface area contributed by atoms with Crippen molar-refractivity contribution < 1.29 is 14.3 Å². The molecule has 0 heterocycles. The molecular weight excluding hydrogens is 187 g/mol. The van der Waals surface area contributed by atoms with Crippen LogP contribution in [0.2, 0.25) is 0 Å². The van der Waals surface area contributed by atoms with Gasteiger partial charge in [0.1, 0.15) is 0 Å². The maximum absolute atomic E-state index is 8.67. The lowest BCUT2D eigenvalue weighted by Gasteiger charge is -2.15. The Morgan fingerprint density at radius 1 is 1.31 bits per heavy atom. The van der Waals surface area contributed by atoms with Gasteiger partial charge >= 0.3 is 8.60 Å². The van der Waals surface area contributed by atoms with E-state index in [1.165, 1.54) is 0 Å². The highest BCUT2D eigenvalue weighted by atomic mass is 31.2. The summed E-state index contributed by atoms with van der Waals surface area (Å²) in [6.07, 6.45) is -0.276. The van der Waals surface area contributed by atoms with E-state index < -0.39 is 8.60 Å². The van der Waals surface area contributed by atoms with Gasteiger partial charge in [0.2, 0.25) is 0 Å². The molecule has 0 aromatic heterocycles. The minimum atomic E-state index is -2.28. The second-order valence-corrected chi connectivity index (χ2v) is 3.57. The van der Waals surface area contributed by atoms with E-state index in [2.05, 4.69) is 0 Å². The molecule has 0 aliphatic rings. The molecule has 1 unspecified atom stereocenters. The fourth-order valence-electron chi connectivity index (χ4n) is 1.24. The molecule has 0 aliphatic carbocycles. The molecule has 1 aromatic carbocycles. The fraction of sp³-hybridized carbons (Fsp3) is 0.333. The number of aryl methyl sites for hydroxylation is 1. The molecule has 0 fully saturated rings. The molecule has 0 bridgehead atoms. The first-order valence-electron chi connectivity index (χ1n) is 4.01. The van der Waals surface area contributed by atoms with Gasteiger partial charge in [0.05, 0.1) is 6.10 Å². The van der Waals surface area contributed by atoms with Gasteiger partial charge in [-0.05, 0) is 25.0 Å². The molecular formula is C9H13O3P. The lowest BCUT2D eigenvalue weighted by atomic mass is 10.1. The van der Waals surface area contributed by atoms with Gasteiger partial charge in [-0.2, -0.15) is 0 Å². The number of hydrogen-bond donors (Lipinski definition) is 2. The monoisotopic (exact) mass is 200 g/mol. The van der Waals surface area contributed by atoms with Crippen molar-refractivity contribution in [2.75, 3.05) is 0 Å². The van der Waals surface area contributed by atoms with E-state index in [1.54, 1.807) is 6.92 Å². The van der Waals surface area contributed by atoms with Crippen LogP contribution in [0.4, 0.5) is 0 Å². The minimum absolute atomic E-state index is 0.276. The second kappa shape index (κ2) is 4.68. The summed E-state index contributed by atoms with van der Waals surface area (Å²) in [5, 5.41) is 0. The molecule has 13 heavy (non-hydrogen) atoms. The van der Waals surface area contributed by atoms with Crippen LogP contribution in [0.15, 0.2) is 24.3 Å². The highest BCUT2D eigenvalue weighted by molar-refractivity contribution is 7.39. The molecule has 4 heteroatoms. The molecule has 0 amide bonds. The van der Waals surface area contributed by atoms with E-state index >= 15 is 0 Å². The first-order chi connectivity index (χ1) is 6.11. The molecule has 3 nitrogen and oxygen atoms in total. The van der Waals surface area contributed by atoms with Crippen molar-refractivity contribution in [1.82, 2.24) is 0 Å². The normalized spacial score (nSPS) is 13.3.